The number of aromatic nitrogens is 3. The first-order valence-corrected chi connectivity index (χ1v) is 9.12. The van der Waals surface area contributed by atoms with Gasteiger partial charge in [-0.2, -0.15) is 0 Å². The van der Waals surface area contributed by atoms with Crippen LogP contribution in [0.2, 0.25) is 0 Å². The number of carbonyl (C=O) groups excluding carboxylic acids is 1. The number of carbonyl (C=O) groups is 1. The molecule has 0 aromatic carbocycles. The van der Waals surface area contributed by atoms with Crippen molar-refractivity contribution >= 4 is 17.7 Å². The Morgan fingerprint density at radius 2 is 2.23 bits per heavy atom. The van der Waals surface area contributed by atoms with Gasteiger partial charge in [0, 0.05) is 25.6 Å². The minimum absolute atomic E-state index is 0.220. The molecule has 1 saturated heterocycles. The van der Waals surface area contributed by atoms with Gasteiger partial charge in [0.05, 0.1) is 5.75 Å². The monoisotopic (exact) mass is 320 g/mol. The van der Waals surface area contributed by atoms with E-state index in [4.69, 9.17) is 0 Å². The molecule has 1 aliphatic heterocycles. The summed E-state index contributed by atoms with van der Waals surface area (Å²) < 4.78 is 2.11. The molecular weight excluding hydrogens is 296 g/mol. The fourth-order valence-electron chi connectivity index (χ4n) is 2.98. The van der Waals surface area contributed by atoms with Gasteiger partial charge < -0.3 is 9.47 Å². The highest BCUT2D eigenvalue weighted by Crippen LogP contribution is 2.40. The standard InChI is InChI=1S/C16H24N4OS/c1-3-8-20-15(13-6-7-13)17-18-16(20)22-11-14(21)19-9-4-5-12(2)10-19/h3,12-13H,1,4-11H2,2H3. The van der Waals surface area contributed by atoms with Gasteiger partial charge >= 0.3 is 0 Å². The number of piperidine rings is 1. The van der Waals surface area contributed by atoms with Crippen LogP contribution in [0.15, 0.2) is 17.8 Å². The molecule has 22 heavy (non-hydrogen) atoms. The Labute approximate surface area is 136 Å². The lowest BCUT2D eigenvalue weighted by Crippen LogP contribution is -2.40. The second kappa shape index (κ2) is 6.86. The van der Waals surface area contributed by atoms with E-state index >= 15 is 0 Å². The molecule has 2 heterocycles. The maximum absolute atomic E-state index is 12.4. The van der Waals surface area contributed by atoms with Gasteiger partial charge in [-0.05, 0) is 31.6 Å². The van der Waals surface area contributed by atoms with Gasteiger partial charge in [-0.25, -0.2) is 0 Å². The van der Waals surface area contributed by atoms with Crippen LogP contribution in [-0.2, 0) is 11.3 Å². The molecular formula is C16H24N4OS. The van der Waals surface area contributed by atoms with E-state index in [1.807, 2.05) is 11.0 Å². The van der Waals surface area contributed by atoms with Gasteiger partial charge in [0.15, 0.2) is 5.16 Å². The number of likely N-dealkylation sites (tertiary alicyclic amines) is 1. The van der Waals surface area contributed by atoms with Crippen molar-refractivity contribution in [3.63, 3.8) is 0 Å². The lowest BCUT2D eigenvalue weighted by Gasteiger charge is -2.30. The van der Waals surface area contributed by atoms with Crippen molar-refractivity contribution in [1.29, 1.82) is 0 Å². The summed E-state index contributed by atoms with van der Waals surface area (Å²) in [7, 11) is 0. The van der Waals surface area contributed by atoms with E-state index in [0.29, 0.717) is 17.6 Å². The second-order valence-corrected chi connectivity index (χ2v) is 7.33. The van der Waals surface area contributed by atoms with Crippen LogP contribution in [0.3, 0.4) is 0 Å². The van der Waals surface area contributed by atoms with E-state index in [1.165, 1.54) is 31.0 Å². The summed E-state index contributed by atoms with van der Waals surface area (Å²) in [5.74, 6) is 2.90. The number of hydrogen-bond acceptors (Lipinski definition) is 4. The Kier molecular flexibility index (Phi) is 4.86. The third-order valence-electron chi connectivity index (χ3n) is 4.33. The van der Waals surface area contributed by atoms with Crippen molar-refractivity contribution in [3.8, 4) is 0 Å². The van der Waals surface area contributed by atoms with Gasteiger partial charge in [0.1, 0.15) is 5.82 Å². The lowest BCUT2D eigenvalue weighted by molar-refractivity contribution is -0.130. The van der Waals surface area contributed by atoms with Gasteiger partial charge in [0.2, 0.25) is 5.91 Å². The maximum atomic E-state index is 12.4. The van der Waals surface area contributed by atoms with Crippen LogP contribution in [-0.4, -0.2) is 44.4 Å². The van der Waals surface area contributed by atoms with E-state index in [2.05, 4.69) is 28.3 Å². The number of allylic oxidation sites excluding steroid dienone is 1. The number of hydrogen-bond donors (Lipinski definition) is 0. The van der Waals surface area contributed by atoms with Gasteiger partial charge in [-0.15, -0.1) is 16.8 Å². The molecule has 3 rings (SSSR count). The molecule has 1 unspecified atom stereocenters. The van der Waals surface area contributed by atoms with Crippen molar-refractivity contribution in [2.75, 3.05) is 18.8 Å². The van der Waals surface area contributed by atoms with Crippen LogP contribution in [0.5, 0.6) is 0 Å². The molecule has 1 aliphatic carbocycles. The van der Waals surface area contributed by atoms with E-state index < -0.39 is 0 Å². The highest BCUT2D eigenvalue weighted by molar-refractivity contribution is 7.99. The summed E-state index contributed by atoms with van der Waals surface area (Å²) in [5, 5.41) is 9.45. The summed E-state index contributed by atoms with van der Waals surface area (Å²) in [5.41, 5.74) is 0. The molecule has 2 fully saturated rings. The number of amides is 1. The van der Waals surface area contributed by atoms with Crippen molar-refractivity contribution in [3.05, 3.63) is 18.5 Å². The molecule has 0 bridgehead atoms. The number of nitrogens with zero attached hydrogens (tertiary/aromatic N) is 4. The largest absolute Gasteiger partial charge is 0.342 e. The molecule has 0 N–H and O–H groups in total. The summed E-state index contributed by atoms with van der Waals surface area (Å²) in [6.45, 7) is 8.54. The van der Waals surface area contributed by atoms with E-state index in [1.54, 1.807) is 0 Å². The molecule has 120 valence electrons. The maximum Gasteiger partial charge on any atom is 0.233 e. The third-order valence-corrected chi connectivity index (χ3v) is 5.29. The Morgan fingerprint density at radius 1 is 1.41 bits per heavy atom. The van der Waals surface area contributed by atoms with Crippen molar-refractivity contribution in [1.82, 2.24) is 19.7 Å². The average Bonchev–Trinajstić information content (AvgIpc) is 3.28. The zero-order valence-corrected chi connectivity index (χ0v) is 14.0. The predicted octanol–water partition coefficient (Wildman–Crippen LogP) is 2.69. The number of rotatable bonds is 6. The predicted molar refractivity (Wildman–Crippen MR) is 87.9 cm³/mol. The third kappa shape index (κ3) is 3.54. The highest BCUT2D eigenvalue weighted by atomic mass is 32.2. The molecule has 1 atom stereocenters. The molecule has 1 amide bonds. The topological polar surface area (TPSA) is 51.0 Å². The number of thioether (sulfide) groups is 1. The van der Waals surface area contributed by atoms with E-state index in [-0.39, 0.29) is 5.91 Å². The zero-order chi connectivity index (χ0) is 15.5. The molecule has 1 aromatic rings. The molecule has 1 aromatic heterocycles. The average molecular weight is 320 g/mol. The van der Waals surface area contributed by atoms with Gasteiger partial charge in [0.25, 0.3) is 0 Å². The summed E-state index contributed by atoms with van der Waals surface area (Å²) in [6.07, 6.45) is 6.62. The Bertz CT molecular complexity index is 552. The van der Waals surface area contributed by atoms with Crippen LogP contribution < -0.4 is 0 Å². The molecule has 6 heteroatoms. The molecule has 5 nitrogen and oxygen atoms in total. The van der Waals surface area contributed by atoms with Crippen LogP contribution >= 0.6 is 11.8 Å². The Balaban J connectivity index is 1.61. The van der Waals surface area contributed by atoms with Gasteiger partial charge in [-0.3, -0.25) is 4.79 Å². The summed E-state index contributed by atoms with van der Waals surface area (Å²) in [6, 6.07) is 0. The highest BCUT2D eigenvalue weighted by Gasteiger charge is 2.30. The van der Waals surface area contributed by atoms with Crippen molar-refractivity contribution in [2.45, 2.75) is 50.2 Å². The minimum Gasteiger partial charge on any atom is -0.342 e. The molecule has 2 aliphatic rings. The van der Waals surface area contributed by atoms with Crippen LogP contribution in [0, 0.1) is 5.92 Å². The molecule has 0 radical (unpaired) electrons. The van der Waals surface area contributed by atoms with Crippen LogP contribution in [0.1, 0.15) is 44.3 Å². The zero-order valence-electron chi connectivity index (χ0n) is 13.2. The molecule has 1 saturated carbocycles. The first kappa shape index (κ1) is 15.6. The SMILES string of the molecule is C=CCn1c(SCC(=O)N2CCCC(C)C2)nnc1C1CC1. The smallest absolute Gasteiger partial charge is 0.233 e. The quantitative estimate of drug-likeness (QED) is 0.597. The molecule has 0 spiro atoms. The normalized spacial score (nSPS) is 21.9. The van der Waals surface area contributed by atoms with Crippen molar-refractivity contribution < 1.29 is 4.79 Å². The van der Waals surface area contributed by atoms with E-state index in [9.17, 15) is 4.79 Å². The van der Waals surface area contributed by atoms with Crippen molar-refractivity contribution in [2.24, 2.45) is 5.92 Å². The fourth-order valence-corrected chi connectivity index (χ4v) is 3.84. The summed E-state index contributed by atoms with van der Waals surface area (Å²) >= 11 is 1.51. The second-order valence-electron chi connectivity index (χ2n) is 6.39. The fraction of sp³-hybridized carbons (Fsp3) is 0.688. The lowest BCUT2D eigenvalue weighted by atomic mass is 10.0. The first-order chi connectivity index (χ1) is 10.7. The van der Waals surface area contributed by atoms with Gasteiger partial charge in [-0.1, -0.05) is 24.8 Å². The summed E-state index contributed by atoms with van der Waals surface area (Å²) in [4.78, 5) is 14.4. The Hall–Kier alpha value is -1.30. The Morgan fingerprint density at radius 3 is 2.91 bits per heavy atom. The first-order valence-electron chi connectivity index (χ1n) is 8.13. The minimum atomic E-state index is 0.220. The van der Waals surface area contributed by atoms with Crippen LogP contribution in [0.25, 0.3) is 0 Å². The van der Waals surface area contributed by atoms with Crippen LogP contribution in [0.4, 0.5) is 0 Å². The van der Waals surface area contributed by atoms with E-state index in [0.717, 1.165) is 37.0 Å².